The average molecular weight is 527 g/mol. The normalized spacial score (nSPS) is 14.3. The highest BCUT2D eigenvalue weighted by Crippen LogP contribution is 2.33. The maximum Gasteiger partial charge on any atom is 0.425 e. The lowest BCUT2D eigenvalue weighted by molar-refractivity contribution is -0.141. The van der Waals surface area contributed by atoms with Crippen LogP contribution in [0, 0.1) is 11.3 Å². The van der Waals surface area contributed by atoms with Crippen LogP contribution in [0.4, 0.5) is 19.0 Å². The van der Waals surface area contributed by atoms with Gasteiger partial charge in [-0.1, -0.05) is 13.8 Å². The maximum absolute atomic E-state index is 13.1. The number of nitriles is 1. The molecule has 3 heterocycles. The summed E-state index contributed by atoms with van der Waals surface area (Å²) in [4.78, 5) is 31.9. The fourth-order valence-electron chi connectivity index (χ4n) is 3.40. The maximum atomic E-state index is 13.1. The molecule has 1 amide bonds. The molecule has 202 valence electrons. The Labute approximate surface area is 211 Å². The standard InChI is InChI=1S/C21H23F3N6O5.C2H6/c22-21(23,24)19-16(11-27-28-20(19)33)35-15(12-31)13-34-8-3-18(32)30-6-4-29(5-7-30)17-2-1-14(9-25)10-26-17;1-2/h1-2,10-11,15,31H,3-8,12-13H2,(H,28,33);1-2H3. The number of amides is 1. The second-order valence-corrected chi connectivity index (χ2v) is 7.57. The van der Waals surface area contributed by atoms with Gasteiger partial charge in [0.1, 0.15) is 18.0 Å². The van der Waals surface area contributed by atoms with Crippen molar-refractivity contribution >= 4 is 11.7 Å². The summed E-state index contributed by atoms with van der Waals surface area (Å²) >= 11 is 0. The van der Waals surface area contributed by atoms with Crippen LogP contribution < -0.4 is 15.2 Å². The average Bonchev–Trinajstić information content (AvgIpc) is 2.90. The lowest BCUT2D eigenvalue weighted by Crippen LogP contribution is -2.49. The van der Waals surface area contributed by atoms with E-state index in [1.165, 1.54) is 6.20 Å². The minimum atomic E-state index is -4.97. The number of aromatic nitrogens is 3. The van der Waals surface area contributed by atoms with Crippen LogP contribution >= 0.6 is 0 Å². The van der Waals surface area contributed by atoms with Crippen LogP contribution in [-0.2, 0) is 15.7 Å². The first-order valence-corrected chi connectivity index (χ1v) is 11.6. The second-order valence-electron chi connectivity index (χ2n) is 7.57. The zero-order chi connectivity index (χ0) is 27.4. The molecule has 0 saturated carbocycles. The summed E-state index contributed by atoms with van der Waals surface area (Å²) in [6.45, 7) is 5.07. The summed E-state index contributed by atoms with van der Waals surface area (Å²) < 4.78 is 49.7. The largest absolute Gasteiger partial charge is 0.483 e. The fourth-order valence-corrected chi connectivity index (χ4v) is 3.40. The number of hydrogen-bond donors (Lipinski definition) is 2. The number of carbonyl (C=O) groups is 1. The van der Waals surface area contributed by atoms with Gasteiger partial charge in [-0.25, -0.2) is 10.1 Å². The molecule has 2 N–H and O–H groups in total. The molecule has 1 unspecified atom stereocenters. The topological polar surface area (TPSA) is 145 Å². The minimum absolute atomic E-state index is 0.0319. The van der Waals surface area contributed by atoms with Crippen LogP contribution in [0.15, 0.2) is 29.3 Å². The van der Waals surface area contributed by atoms with E-state index in [1.807, 2.05) is 24.8 Å². The predicted molar refractivity (Wildman–Crippen MR) is 126 cm³/mol. The number of anilines is 1. The van der Waals surface area contributed by atoms with Crippen molar-refractivity contribution in [3.05, 3.63) is 46.0 Å². The highest BCUT2D eigenvalue weighted by Gasteiger charge is 2.38. The van der Waals surface area contributed by atoms with Gasteiger partial charge in [0.15, 0.2) is 11.3 Å². The number of piperazine rings is 1. The number of nitrogens with one attached hydrogen (secondary N) is 1. The molecule has 1 aliphatic heterocycles. The van der Waals surface area contributed by atoms with E-state index in [1.54, 1.807) is 22.1 Å². The number of carbonyl (C=O) groups excluding carboxylic acids is 1. The third-order valence-corrected chi connectivity index (χ3v) is 5.20. The van der Waals surface area contributed by atoms with Crippen molar-refractivity contribution in [2.45, 2.75) is 32.5 Å². The van der Waals surface area contributed by atoms with Crippen molar-refractivity contribution in [1.29, 1.82) is 5.26 Å². The highest BCUT2D eigenvalue weighted by atomic mass is 19.4. The summed E-state index contributed by atoms with van der Waals surface area (Å²) in [6, 6.07) is 5.44. The molecule has 0 bridgehead atoms. The second kappa shape index (κ2) is 14.1. The van der Waals surface area contributed by atoms with Crippen LogP contribution in [-0.4, -0.2) is 83.2 Å². The predicted octanol–water partition coefficient (Wildman–Crippen LogP) is 1.58. The van der Waals surface area contributed by atoms with E-state index in [0.717, 1.165) is 5.82 Å². The molecule has 0 radical (unpaired) electrons. The molecule has 2 aromatic heterocycles. The molecule has 3 rings (SSSR count). The van der Waals surface area contributed by atoms with Crippen LogP contribution in [0.1, 0.15) is 31.4 Å². The minimum Gasteiger partial charge on any atom is -0.483 e. The molecule has 0 aromatic carbocycles. The smallest absolute Gasteiger partial charge is 0.425 e. The Kier molecular flexibility index (Phi) is 11.3. The number of pyridine rings is 1. The zero-order valence-electron chi connectivity index (χ0n) is 20.5. The Hall–Kier alpha value is -3.70. The van der Waals surface area contributed by atoms with Crippen LogP contribution in [0.2, 0.25) is 0 Å². The van der Waals surface area contributed by atoms with Gasteiger partial charge in [0.2, 0.25) is 5.91 Å². The molecule has 0 spiro atoms. The van der Waals surface area contributed by atoms with Gasteiger partial charge in [-0.3, -0.25) is 9.59 Å². The number of alkyl halides is 3. The Morgan fingerprint density at radius 1 is 1.24 bits per heavy atom. The molecule has 11 nitrogen and oxygen atoms in total. The van der Waals surface area contributed by atoms with Crippen molar-refractivity contribution in [2.75, 3.05) is 50.9 Å². The summed E-state index contributed by atoms with van der Waals surface area (Å²) in [5.41, 5.74) is -2.56. The van der Waals surface area contributed by atoms with E-state index in [9.17, 15) is 27.9 Å². The number of aliphatic hydroxyl groups is 1. The molecule has 1 atom stereocenters. The first kappa shape index (κ1) is 29.5. The Morgan fingerprint density at radius 3 is 2.51 bits per heavy atom. The van der Waals surface area contributed by atoms with E-state index in [0.29, 0.717) is 37.9 Å². The van der Waals surface area contributed by atoms with Gasteiger partial charge in [0.25, 0.3) is 5.56 Å². The summed E-state index contributed by atoms with van der Waals surface area (Å²) in [7, 11) is 0. The van der Waals surface area contributed by atoms with Gasteiger partial charge in [-0.05, 0) is 12.1 Å². The Morgan fingerprint density at radius 2 is 1.95 bits per heavy atom. The number of rotatable bonds is 9. The quantitative estimate of drug-likeness (QED) is 0.465. The van der Waals surface area contributed by atoms with Crippen LogP contribution in [0.5, 0.6) is 5.75 Å². The van der Waals surface area contributed by atoms with E-state index in [2.05, 4.69) is 10.1 Å². The number of aromatic amines is 1. The monoisotopic (exact) mass is 526 g/mol. The number of H-pyrrole nitrogens is 1. The first-order chi connectivity index (χ1) is 17.7. The highest BCUT2D eigenvalue weighted by molar-refractivity contribution is 5.76. The zero-order valence-corrected chi connectivity index (χ0v) is 20.5. The number of nitrogens with zero attached hydrogens (tertiary/aromatic N) is 5. The lowest BCUT2D eigenvalue weighted by Gasteiger charge is -2.35. The van der Waals surface area contributed by atoms with Crippen molar-refractivity contribution in [2.24, 2.45) is 0 Å². The third-order valence-electron chi connectivity index (χ3n) is 5.20. The van der Waals surface area contributed by atoms with Crippen molar-refractivity contribution in [3.8, 4) is 11.8 Å². The van der Waals surface area contributed by atoms with Crippen LogP contribution in [0.3, 0.4) is 0 Å². The van der Waals surface area contributed by atoms with Crippen molar-refractivity contribution < 1.29 is 32.5 Å². The van der Waals surface area contributed by atoms with Gasteiger partial charge in [0, 0.05) is 32.4 Å². The lowest BCUT2D eigenvalue weighted by atomic mass is 10.2. The van der Waals surface area contributed by atoms with Gasteiger partial charge >= 0.3 is 6.18 Å². The Bertz CT molecular complexity index is 1100. The van der Waals surface area contributed by atoms with E-state index >= 15 is 0 Å². The molecule has 1 saturated heterocycles. The molecular weight excluding hydrogens is 497 g/mol. The van der Waals surface area contributed by atoms with Crippen molar-refractivity contribution in [1.82, 2.24) is 20.1 Å². The summed E-state index contributed by atoms with van der Waals surface area (Å²) in [5, 5.41) is 23.3. The molecular formula is C23H29F3N6O5. The Balaban J connectivity index is 0.00000235. The van der Waals surface area contributed by atoms with Gasteiger partial charge in [-0.15, -0.1) is 0 Å². The van der Waals surface area contributed by atoms with E-state index < -0.39 is 35.8 Å². The fraction of sp³-hybridized carbons (Fsp3) is 0.522. The van der Waals surface area contributed by atoms with E-state index in [4.69, 9.17) is 14.7 Å². The number of ether oxygens (including phenoxy) is 2. The molecule has 1 fully saturated rings. The van der Waals surface area contributed by atoms with Gasteiger partial charge in [-0.2, -0.15) is 23.5 Å². The third kappa shape index (κ3) is 8.43. The van der Waals surface area contributed by atoms with E-state index in [-0.39, 0.29) is 25.5 Å². The number of aliphatic hydroxyl groups excluding tert-OH is 1. The SMILES string of the molecule is CC.N#Cc1ccc(N2CCN(C(=O)CCOCC(CO)Oc3cn[nH]c(=O)c3C(F)(F)F)CC2)nc1. The number of halogens is 3. The van der Waals surface area contributed by atoms with Gasteiger partial charge < -0.3 is 24.4 Å². The summed E-state index contributed by atoms with van der Waals surface area (Å²) in [6.07, 6.45) is -3.95. The molecule has 2 aromatic rings. The number of hydrogen-bond acceptors (Lipinski definition) is 9. The first-order valence-electron chi connectivity index (χ1n) is 11.6. The molecule has 14 heteroatoms. The molecule has 0 aliphatic carbocycles. The molecule has 37 heavy (non-hydrogen) atoms. The van der Waals surface area contributed by atoms with Crippen molar-refractivity contribution in [3.63, 3.8) is 0 Å². The molecule has 1 aliphatic rings. The van der Waals surface area contributed by atoms with Crippen LogP contribution in [0.25, 0.3) is 0 Å². The van der Waals surface area contributed by atoms with Gasteiger partial charge in [0.05, 0.1) is 38.0 Å². The summed E-state index contributed by atoms with van der Waals surface area (Å²) in [5.74, 6) is -0.259.